The Morgan fingerprint density at radius 3 is 2.17 bits per heavy atom. The molecule has 0 rings (SSSR count). The number of carbonyl (C=O) groups excluding carboxylic acids is 1. The third kappa shape index (κ3) is 3.72. The summed E-state index contributed by atoms with van der Waals surface area (Å²) in [5, 5.41) is 0. The molecule has 0 spiro atoms. The number of hydrogen-bond donors (Lipinski definition) is 0. The Morgan fingerprint density at radius 2 is 1.83 bits per heavy atom. The first-order valence-electron chi connectivity index (χ1n) is 4.43. The van der Waals surface area contributed by atoms with Crippen LogP contribution in [0.3, 0.4) is 0 Å². The second-order valence-electron chi connectivity index (χ2n) is 3.42. The predicted molar refractivity (Wildman–Crippen MR) is 51.1 cm³/mol. The molecule has 72 valence electrons. The van der Waals surface area contributed by atoms with E-state index >= 15 is 0 Å². The van der Waals surface area contributed by atoms with Crippen molar-refractivity contribution in [3.05, 3.63) is 0 Å². The van der Waals surface area contributed by atoms with Gasteiger partial charge in [0, 0.05) is 19.6 Å². The highest BCUT2D eigenvalue weighted by Crippen LogP contribution is 1.94. The third-order valence-corrected chi connectivity index (χ3v) is 2.17. The Labute approximate surface area is 75.3 Å². The number of likely N-dealkylation sites (N-methyl/N-ethyl adjacent to an activating group) is 2. The van der Waals surface area contributed by atoms with Gasteiger partial charge < -0.3 is 4.90 Å². The fourth-order valence-electron chi connectivity index (χ4n) is 0.693. The van der Waals surface area contributed by atoms with E-state index in [0.29, 0.717) is 12.6 Å². The van der Waals surface area contributed by atoms with Gasteiger partial charge in [-0.3, -0.25) is 9.69 Å². The summed E-state index contributed by atoms with van der Waals surface area (Å²) in [6.07, 6.45) is 0. The molecule has 0 aromatic rings. The monoisotopic (exact) mass is 172 g/mol. The van der Waals surface area contributed by atoms with Crippen LogP contribution in [0.1, 0.15) is 20.8 Å². The molecule has 3 nitrogen and oxygen atoms in total. The van der Waals surface area contributed by atoms with E-state index in [4.69, 9.17) is 0 Å². The summed E-state index contributed by atoms with van der Waals surface area (Å²) in [4.78, 5) is 15.1. The largest absolute Gasteiger partial charge is 0.345 e. The van der Waals surface area contributed by atoms with Crippen molar-refractivity contribution >= 4 is 5.91 Å². The molecule has 0 bridgehead atoms. The minimum absolute atomic E-state index is 0.189. The van der Waals surface area contributed by atoms with E-state index < -0.39 is 0 Å². The summed E-state index contributed by atoms with van der Waals surface area (Å²) < 4.78 is 0. The summed E-state index contributed by atoms with van der Waals surface area (Å²) in [5.74, 6) is 0.189. The second kappa shape index (κ2) is 5.14. The molecule has 3 heteroatoms. The topological polar surface area (TPSA) is 23.6 Å². The van der Waals surface area contributed by atoms with Crippen molar-refractivity contribution in [3.8, 4) is 0 Å². The van der Waals surface area contributed by atoms with Crippen molar-refractivity contribution in [3.63, 3.8) is 0 Å². The van der Waals surface area contributed by atoms with Crippen LogP contribution in [-0.4, -0.2) is 48.9 Å². The van der Waals surface area contributed by atoms with Crippen LogP contribution >= 0.6 is 0 Å². The molecule has 0 aromatic heterocycles. The van der Waals surface area contributed by atoms with Gasteiger partial charge in [-0.2, -0.15) is 0 Å². The summed E-state index contributed by atoms with van der Waals surface area (Å²) in [6, 6.07) is 0.430. The molecule has 0 saturated heterocycles. The first-order chi connectivity index (χ1) is 5.49. The number of nitrogens with zero attached hydrogens (tertiary/aromatic N) is 2. The molecule has 0 aliphatic rings. The Kier molecular flexibility index (Phi) is 4.90. The molecule has 0 unspecified atom stereocenters. The zero-order valence-electron chi connectivity index (χ0n) is 8.79. The van der Waals surface area contributed by atoms with E-state index in [9.17, 15) is 4.79 Å². The number of hydrogen-bond acceptors (Lipinski definition) is 2. The van der Waals surface area contributed by atoms with Crippen molar-refractivity contribution < 1.29 is 4.79 Å². The molecule has 12 heavy (non-hydrogen) atoms. The molecule has 1 amide bonds. The molecule has 0 N–H and O–H groups in total. The quantitative estimate of drug-likeness (QED) is 0.626. The minimum Gasteiger partial charge on any atom is -0.345 e. The fraction of sp³-hybridized carbons (Fsp3) is 0.889. The van der Waals surface area contributed by atoms with E-state index in [0.717, 1.165) is 6.54 Å². The van der Waals surface area contributed by atoms with Gasteiger partial charge in [-0.25, -0.2) is 0 Å². The molecule has 0 heterocycles. The van der Waals surface area contributed by atoms with Crippen LogP contribution in [0.4, 0.5) is 0 Å². The van der Waals surface area contributed by atoms with Crippen molar-refractivity contribution in [1.29, 1.82) is 0 Å². The molecular weight excluding hydrogens is 152 g/mol. The van der Waals surface area contributed by atoms with Gasteiger partial charge >= 0.3 is 0 Å². The molecule has 0 aliphatic carbocycles. The standard InChI is InChI=1S/C9H20N2O/c1-6-10(4)9(12)7-11(5)8(2)3/h8H,6-7H2,1-5H3. The first-order valence-corrected chi connectivity index (χ1v) is 4.43. The molecule has 0 atom stereocenters. The maximum atomic E-state index is 11.4. The Hall–Kier alpha value is -0.570. The van der Waals surface area contributed by atoms with Gasteiger partial charge in [0.05, 0.1) is 6.54 Å². The van der Waals surface area contributed by atoms with Gasteiger partial charge in [0.1, 0.15) is 0 Å². The first kappa shape index (κ1) is 11.4. The maximum absolute atomic E-state index is 11.4. The van der Waals surface area contributed by atoms with Gasteiger partial charge in [-0.05, 0) is 27.8 Å². The summed E-state index contributed by atoms with van der Waals surface area (Å²) >= 11 is 0. The smallest absolute Gasteiger partial charge is 0.236 e. The van der Waals surface area contributed by atoms with Crippen LogP contribution in [0.5, 0.6) is 0 Å². The lowest BCUT2D eigenvalue weighted by atomic mass is 10.3. The van der Waals surface area contributed by atoms with Gasteiger partial charge in [0.15, 0.2) is 0 Å². The predicted octanol–water partition coefficient (Wildman–Crippen LogP) is 0.805. The normalized spacial score (nSPS) is 10.9. The van der Waals surface area contributed by atoms with E-state index in [1.807, 2.05) is 25.9 Å². The van der Waals surface area contributed by atoms with Gasteiger partial charge in [0.25, 0.3) is 0 Å². The van der Waals surface area contributed by atoms with Crippen molar-refractivity contribution in [2.75, 3.05) is 27.2 Å². The fourth-order valence-corrected chi connectivity index (χ4v) is 0.693. The van der Waals surface area contributed by atoms with Crippen LogP contribution < -0.4 is 0 Å². The van der Waals surface area contributed by atoms with Crippen LogP contribution in [-0.2, 0) is 4.79 Å². The van der Waals surface area contributed by atoms with E-state index in [-0.39, 0.29) is 5.91 Å². The van der Waals surface area contributed by atoms with E-state index in [1.54, 1.807) is 4.90 Å². The molecule has 0 aliphatic heterocycles. The molecule has 0 saturated carbocycles. The van der Waals surface area contributed by atoms with Crippen LogP contribution in [0.15, 0.2) is 0 Å². The van der Waals surface area contributed by atoms with Gasteiger partial charge in [-0.1, -0.05) is 0 Å². The molecule has 0 fully saturated rings. The van der Waals surface area contributed by atoms with Gasteiger partial charge in [0.2, 0.25) is 5.91 Å². The zero-order valence-corrected chi connectivity index (χ0v) is 8.79. The van der Waals surface area contributed by atoms with Crippen molar-refractivity contribution in [1.82, 2.24) is 9.80 Å². The Bertz CT molecular complexity index is 145. The van der Waals surface area contributed by atoms with Crippen LogP contribution in [0.2, 0.25) is 0 Å². The van der Waals surface area contributed by atoms with Gasteiger partial charge in [-0.15, -0.1) is 0 Å². The average Bonchev–Trinajstić information content (AvgIpc) is 2.02. The van der Waals surface area contributed by atoms with Crippen LogP contribution in [0, 0.1) is 0 Å². The summed E-state index contributed by atoms with van der Waals surface area (Å²) in [7, 11) is 3.79. The average molecular weight is 172 g/mol. The SMILES string of the molecule is CCN(C)C(=O)CN(C)C(C)C. The number of rotatable bonds is 4. The summed E-state index contributed by atoms with van der Waals surface area (Å²) in [6.45, 7) is 7.44. The highest BCUT2D eigenvalue weighted by molar-refractivity contribution is 5.77. The zero-order chi connectivity index (χ0) is 9.72. The molecule has 0 aromatic carbocycles. The lowest BCUT2D eigenvalue weighted by Crippen LogP contribution is -2.39. The lowest BCUT2D eigenvalue weighted by molar-refractivity contribution is -0.130. The number of amides is 1. The number of carbonyl (C=O) groups is 1. The van der Waals surface area contributed by atoms with Crippen LogP contribution in [0.25, 0.3) is 0 Å². The highest BCUT2D eigenvalue weighted by atomic mass is 16.2. The van der Waals surface area contributed by atoms with Crippen molar-refractivity contribution in [2.45, 2.75) is 26.8 Å². The Balaban J connectivity index is 3.84. The van der Waals surface area contributed by atoms with Crippen molar-refractivity contribution in [2.24, 2.45) is 0 Å². The third-order valence-electron chi connectivity index (χ3n) is 2.17. The maximum Gasteiger partial charge on any atom is 0.236 e. The minimum atomic E-state index is 0.189. The summed E-state index contributed by atoms with van der Waals surface area (Å²) in [5.41, 5.74) is 0. The Morgan fingerprint density at radius 1 is 1.33 bits per heavy atom. The lowest BCUT2D eigenvalue weighted by Gasteiger charge is -2.23. The highest BCUT2D eigenvalue weighted by Gasteiger charge is 2.11. The second-order valence-corrected chi connectivity index (χ2v) is 3.42. The van der Waals surface area contributed by atoms with E-state index in [2.05, 4.69) is 13.8 Å². The molecular formula is C9H20N2O. The molecule has 0 radical (unpaired) electrons. The van der Waals surface area contributed by atoms with E-state index in [1.165, 1.54) is 0 Å².